The molecule has 5 nitrogen and oxygen atoms in total. The minimum Gasteiger partial charge on any atom is -0.460 e. The summed E-state index contributed by atoms with van der Waals surface area (Å²) in [5, 5.41) is 21.2. The first-order chi connectivity index (χ1) is 13.2. The second-order valence-corrected chi connectivity index (χ2v) is 10.2. The molecular weight excluding hydrogens is 356 g/mol. The van der Waals surface area contributed by atoms with Gasteiger partial charge in [0.05, 0.1) is 12.7 Å². The molecule has 28 heavy (non-hydrogen) atoms. The summed E-state index contributed by atoms with van der Waals surface area (Å²) < 4.78 is 5.47. The number of allylic oxidation sites excluding steroid dienone is 1. The molecule has 4 aliphatic carbocycles. The minimum atomic E-state index is -0.488. The summed E-state index contributed by atoms with van der Waals surface area (Å²) in [5.41, 5.74) is 1.03. The number of rotatable bonds is 3. The molecule has 0 bridgehead atoms. The van der Waals surface area contributed by atoms with Crippen molar-refractivity contribution in [3.05, 3.63) is 11.6 Å². The quantitative estimate of drug-likeness (QED) is 0.724. The van der Waals surface area contributed by atoms with Crippen molar-refractivity contribution in [3.63, 3.8) is 0 Å². The van der Waals surface area contributed by atoms with Crippen LogP contribution in [0.25, 0.3) is 0 Å². The van der Waals surface area contributed by atoms with E-state index in [2.05, 4.69) is 13.8 Å². The highest BCUT2D eigenvalue weighted by Crippen LogP contribution is 2.67. The van der Waals surface area contributed by atoms with Gasteiger partial charge in [0.25, 0.3) is 0 Å². The fraction of sp³-hybridized carbons (Fsp3) is 0.826. The van der Waals surface area contributed by atoms with Crippen molar-refractivity contribution < 1.29 is 24.5 Å². The van der Waals surface area contributed by atoms with Crippen molar-refractivity contribution in [3.8, 4) is 0 Å². The van der Waals surface area contributed by atoms with Crippen LogP contribution in [-0.4, -0.2) is 40.8 Å². The molecule has 4 aliphatic rings. The lowest BCUT2D eigenvalue weighted by molar-refractivity contribution is -0.165. The van der Waals surface area contributed by atoms with Crippen molar-refractivity contribution in [2.45, 2.75) is 77.9 Å². The van der Waals surface area contributed by atoms with Gasteiger partial charge in [0.1, 0.15) is 6.10 Å². The maximum absolute atomic E-state index is 12.0. The smallest absolute Gasteiger partial charge is 0.302 e. The van der Waals surface area contributed by atoms with E-state index >= 15 is 0 Å². The zero-order valence-corrected chi connectivity index (χ0v) is 17.3. The van der Waals surface area contributed by atoms with Crippen LogP contribution in [0.2, 0.25) is 0 Å². The third-order valence-corrected chi connectivity index (χ3v) is 8.91. The third-order valence-electron chi connectivity index (χ3n) is 8.91. The highest BCUT2D eigenvalue weighted by atomic mass is 16.5. The molecule has 0 radical (unpaired) electrons. The molecule has 3 fully saturated rings. The predicted octanol–water partition coefficient (Wildman–Crippen LogP) is 3.03. The van der Waals surface area contributed by atoms with Gasteiger partial charge >= 0.3 is 5.97 Å². The van der Waals surface area contributed by atoms with Gasteiger partial charge in [0.2, 0.25) is 0 Å². The number of hydrogen-bond donors (Lipinski definition) is 2. The van der Waals surface area contributed by atoms with Crippen molar-refractivity contribution in [2.75, 3.05) is 6.61 Å². The lowest BCUT2D eigenvalue weighted by Crippen LogP contribution is -2.57. The fourth-order valence-corrected chi connectivity index (χ4v) is 7.80. The number of carbonyl (C=O) groups is 2. The average molecular weight is 391 g/mol. The van der Waals surface area contributed by atoms with Crippen molar-refractivity contribution in [1.29, 1.82) is 0 Å². The first-order valence-electron chi connectivity index (χ1n) is 10.9. The van der Waals surface area contributed by atoms with E-state index in [-0.39, 0.29) is 41.0 Å². The molecular formula is C23H34O5. The Bertz CT molecular complexity index is 699. The number of fused-ring (bicyclic) bond motifs is 5. The zero-order valence-electron chi connectivity index (χ0n) is 17.3. The summed E-state index contributed by atoms with van der Waals surface area (Å²) in [4.78, 5) is 23.5. The van der Waals surface area contributed by atoms with Crippen LogP contribution in [0.15, 0.2) is 11.6 Å². The van der Waals surface area contributed by atoms with Gasteiger partial charge in [-0.1, -0.05) is 19.4 Å². The molecule has 0 aliphatic heterocycles. The summed E-state index contributed by atoms with van der Waals surface area (Å²) in [7, 11) is 0. The lowest BCUT2D eigenvalue weighted by Gasteiger charge is -2.60. The molecule has 0 aromatic carbocycles. The summed E-state index contributed by atoms with van der Waals surface area (Å²) in [5.74, 6) is 1.04. The number of esters is 1. The molecule has 0 spiro atoms. The Hall–Kier alpha value is -1.20. The Morgan fingerprint density at radius 2 is 2.04 bits per heavy atom. The number of ether oxygens (including phenoxy) is 1. The first-order valence-corrected chi connectivity index (χ1v) is 10.9. The molecule has 0 aromatic heterocycles. The number of ketones is 1. The highest BCUT2D eigenvalue weighted by Gasteiger charge is 2.63. The van der Waals surface area contributed by atoms with Crippen molar-refractivity contribution in [1.82, 2.24) is 0 Å². The van der Waals surface area contributed by atoms with E-state index < -0.39 is 12.2 Å². The van der Waals surface area contributed by atoms with E-state index in [1.165, 1.54) is 12.5 Å². The van der Waals surface area contributed by atoms with E-state index in [1.807, 2.05) is 6.08 Å². The normalized spacial score (nSPS) is 46.1. The fourth-order valence-electron chi connectivity index (χ4n) is 7.80. The Morgan fingerprint density at radius 1 is 1.29 bits per heavy atom. The second-order valence-electron chi connectivity index (χ2n) is 10.2. The number of aliphatic hydroxyl groups is 2. The summed E-state index contributed by atoms with van der Waals surface area (Å²) >= 11 is 0. The molecule has 156 valence electrons. The summed E-state index contributed by atoms with van der Waals surface area (Å²) in [6.45, 7) is 5.72. The summed E-state index contributed by atoms with van der Waals surface area (Å²) in [6.07, 6.45) is 6.99. The molecule has 2 N–H and O–H groups in total. The molecule has 0 saturated heterocycles. The monoisotopic (exact) mass is 390 g/mol. The van der Waals surface area contributed by atoms with Crippen LogP contribution < -0.4 is 0 Å². The minimum absolute atomic E-state index is 0.0814. The third kappa shape index (κ3) is 2.88. The van der Waals surface area contributed by atoms with Gasteiger partial charge in [-0.3, -0.25) is 9.59 Å². The van der Waals surface area contributed by atoms with Crippen LogP contribution in [0.1, 0.15) is 65.7 Å². The van der Waals surface area contributed by atoms with Crippen LogP contribution in [0.5, 0.6) is 0 Å². The molecule has 0 unspecified atom stereocenters. The topological polar surface area (TPSA) is 83.8 Å². The molecule has 0 amide bonds. The highest BCUT2D eigenvalue weighted by molar-refractivity contribution is 5.91. The Kier molecular flexibility index (Phi) is 4.98. The average Bonchev–Trinajstić information content (AvgIpc) is 2.96. The standard InChI is InChI=1S/C23H34O5/c1-13(25)28-20(12-24)18-7-6-17-16-5-4-14-10-15(26)8-9-22(14,2)21(16)19(27)11-23(17,18)3/h10,16-21,24,27H,4-9,11-12H2,1-3H3/t16-,17-,18+,19+,20-,21+,22+,23-/m1/s1. The van der Waals surface area contributed by atoms with Crippen LogP contribution in [-0.2, 0) is 14.3 Å². The van der Waals surface area contributed by atoms with E-state index in [4.69, 9.17) is 4.74 Å². The molecule has 0 heterocycles. The Morgan fingerprint density at radius 3 is 2.71 bits per heavy atom. The molecule has 0 aromatic rings. The van der Waals surface area contributed by atoms with Gasteiger partial charge in [-0.2, -0.15) is 0 Å². The summed E-state index contributed by atoms with van der Waals surface area (Å²) in [6, 6.07) is 0. The van der Waals surface area contributed by atoms with Crippen molar-refractivity contribution in [2.24, 2.45) is 34.5 Å². The zero-order chi connectivity index (χ0) is 20.3. The number of hydrogen-bond acceptors (Lipinski definition) is 5. The molecule has 8 atom stereocenters. The maximum Gasteiger partial charge on any atom is 0.302 e. The molecule has 5 heteroatoms. The predicted molar refractivity (Wildman–Crippen MR) is 104 cm³/mol. The van der Waals surface area contributed by atoms with E-state index in [9.17, 15) is 19.8 Å². The van der Waals surface area contributed by atoms with Gasteiger partial charge < -0.3 is 14.9 Å². The largest absolute Gasteiger partial charge is 0.460 e. The van der Waals surface area contributed by atoms with E-state index in [0.717, 1.165) is 32.1 Å². The lowest BCUT2D eigenvalue weighted by atomic mass is 9.46. The van der Waals surface area contributed by atoms with E-state index in [0.29, 0.717) is 24.7 Å². The number of aliphatic hydroxyl groups excluding tert-OH is 2. The Labute approximate surface area is 167 Å². The maximum atomic E-state index is 12.0. The van der Waals surface area contributed by atoms with Crippen molar-refractivity contribution >= 4 is 11.8 Å². The number of carbonyl (C=O) groups excluding carboxylic acids is 2. The van der Waals surface area contributed by atoms with Crippen LogP contribution in [0.3, 0.4) is 0 Å². The first kappa shape index (κ1) is 20.1. The molecule has 3 saturated carbocycles. The van der Waals surface area contributed by atoms with Gasteiger partial charge in [-0.25, -0.2) is 0 Å². The van der Waals surface area contributed by atoms with E-state index in [1.54, 1.807) is 0 Å². The van der Waals surface area contributed by atoms with Crippen LogP contribution >= 0.6 is 0 Å². The SMILES string of the molecule is CC(=O)O[C@H](CO)[C@@H]1CC[C@@H]2[C@H]3CCC4=CC(=O)CC[C@]4(C)[C@@H]3[C@@H](O)C[C@]21C. The second kappa shape index (κ2) is 6.94. The van der Waals surface area contributed by atoms with Crippen LogP contribution in [0, 0.1) is 34.5 Å². The Balaban J connectivity index is 1.65. The van der Waals surface area contributed by atoms with Crippen LogP contribution in [0.4, 0.5) is 0 Å². The van der Waals surface area contributed by atoms with Gasteiger partial charge in [-0.15, -0.1) is 0 Å². The molecule has 4 rings (SSSR count). The van der Waals surface area contributed by atoms with Gasteiger partial charge in [-0.05, 0) is 73.2 Å². The van der Waals surface area contributed by atoms with Gasteiger partial charge in [0, 0.05) is 19.3 Å². The van der Waals surface area contributed by atoms with Gasteiger partial charge in [0.15, 0.2) is 5.78 Å².